The van der Waals surface area contributed by atoms with Crippen LogP contribution in [0.2, 0.25) is 0 Å². The normalized spacial score (nSPS) is 16.8. The van der Waals surface area contributed by atoms with Crippen LogP contribution in [-0.4, -0.2) is 5.11 Å². The summed E-state index contributed by atoms with van der Waals surface area (Å²) in [4.78, 5) is 0. The summed E-state index contributed by atoms with van der Waals surface area (Å²) in [7, 11) is 0. The Hall–Kier alpha value is -0.250. The Morgan fingerprint density at radius 2 is 2.09 bits per heavy atom. The van der Waals surface area contributed by atoms with E-state index in [1.54, 1.807) is 6.07 Å². The SMILES string of the molecule is Oc1ccc(C2CC2)cc1I. The number of hydrogen-bond acceptors (Lipinski definition) is 1. The fourth-order valence-corrected chi connectivity index (χ4v) is 1.73. The lowest BCUT2D eigenvalue weighted by atomic mass is 10.1. The van der Waals surface area contributed by atoms with E-state index < -0.39 is 0 Å². The Morgan fingerprint density at radius 3 is 2.64 bits per heavy atom. The van der Waals surface area contributed by atoms with Crippen LogP contribution in [0.15, 0.2) is 18.2 Å². The smallest absolute Gasteiger partial charge is 0.128 e. The molecule has 0 unspecified atom stereocenters. The van der Waals surface area contributed by atoms with Gasteiger partial charge in [0.1, 0.15) is 5.75 Å². The topological polar surface area (TPSA) is 20.2 Å². The van der Waals surface area contributed by atoms with Crippen molar-refractivity contribution in [3.8, 4) is 5.75 Å². The predicted octanol–water partition coefficient (Wildman–Crippen LogP) is 2.87. The van der Waals surface area contributed by atoms with Gasteiger partial charge < -0.3 is 5.11 Å². The maximum absolute atomic E-state index is 9.24. The molecule has 0 aliphatic heterocycles. The quantitative estimate of drug-likeness (QED) is 0.770. The van der Waals surface area contributed by atoms with E-state index in [-0.39, 0.29) is 0 Å². The molecule has 1 fully saturated rings. The molecule has 0 atom stereocenters. The van der Waals surface area contributed by atoms with Gasteiger partial charge in [0, 0.05) is 0 Å². The van der Waals surface area contributed by atoms with Gasteiger partial charge in [0.25, 0.3) is 0 Å². The monoisotopic (exact) mass is 260 g/mol. The van der Waals surface area contributed by atoms with Crippen LogP contribution < -0.4 is 0 Å². The first-order valence-electron chi connectivity index (χ1n) is 3.76. The van der Waals surface area contributed by atoms with Crippen molar-refractivity contribution in [1.82, 2.24) is 0 Å². The zero-order valence-corrected chi connectivity index (χ0v) is 8.21. The van der Waals surface area contributed by atoms with Crippen molar-refractivity contribution in [3.63, 3.8) is 0 Å². The van der Waals surface area contributed by atoms with E-state index in [9.17, 15) is 5.11 Å². The highest BCUT2D eigenvalue weighted by Crippen LogP contribution is 2.41. The third-order valence-corrected chi connectivity index (χ3v) is 2.88. The largest absolute Gasteiger partial charge is 0.507 e. The second-order valence-electron chi connectivity index (χ2n) is 2.99. The van der Waals surface area contributed by atoms with Gasteiger partial charge >= 0.3 is 0 Å². The third kappa shape index (κ3) is 1.50. The van der Waals surface area contributed by atoms with Gasteiger partial charge in [-0.2, -0.15) is 0 Å². The highest BCUT2D eigenvalue weighted by atomic mass is 127. The van der Waals surface area contributed by atoms with Crippen LogP contribution in [0, 0.1) is 3.57 Å². The van der Waals surface area contributed by atoms with Crippen LogP contribution in [0.3, 0.4) is 0 Å². The lowest BCUT2D eigenvalue weighted by Crippen LogP contribution is -1.80. The second kappa shape index (κ2) is 2.66. The summed E-state index contributed by atoms with van der Waals surface area (Å²) < 4.78 is 0.965. The molecule has 1 aliphatic carbocycles. The number of benzene rings is 1. The van der Waals surface area contributed by atoms with Crippen molar-refractivity contribution in [2.45, 2.75) is 18.8 Å². The molecule has 1 aromatic rings. The van der Waals surface area contributed by atoms with E-state index in [4.69, 9.17) is 0 Å². The molecule has 0 radical (unpaired) electrons. The van der Waals surface area contributed by atoms with Crippen LogP contribution in [-0.2, 0) is 0 Å². The number of rotatable bonds is 1. The maximum atomic E-state index is 9.24. The van der Waals surface area contributed by atoms with Crippen molar-refractivity contribution >= 4 is 22.6 Å². The van der Waals surface area contributed by atoms with Gasteiger partial charge in [0.05, 0.1) is 3.57 Å². The molecule has 0 amide bonds. The van der Waals surface area contributed by atoms with Crippen LogP contribution in [0.25, 0.3) is 0 Å². The van der Waals surface area contributed by atoms with Gasteiger partial charge in [0.2, 0.25) is 0 Å². The fraction of sp³-hybridized carbons (Fsp3) is 0.333. The molecule has 2 heteroatoms. The summed E-state index contributed by atoms with van der Waals surface area (Å²) in [5.74, 6) is 1.18. The van der Waals surface area contributed by atoms with Gasteiger partial charge in [-0.15, -0.1) is 0 Å². The highest BCUT2D eigenvalue weighted by Gasteiger charge is 2.23. The maximum Gasteiger partial charge on any atom is 0.128 e. The molecule has 1 aliphatic rings. The van der Waals surface area contributed by atoms with Crippen molar-refractivity contribution in [2.75, 3.05) is 0 Å². The zero-order valence-electron chi connectivity index (χ0n) is 6.05. The third-order valence-electron chi connectivity index (χ3n) is 2.02. The number of phenols is 1. The molecule has 0 spiro atoms. The number of aromatic hydroxyl groups is 1. The summed E-state index contributed by atoms with van der Waals surface area (Å²) in [6.45, 7) is 0. The van der Waals surface area contributed by atoms with E-state index in [0.717, 1.165) is 9.49 Å². The molecule has 0 bridgehead atoms. The van der Waals surface area contributed by atoms with Crippen molar-refractivity contribution in [2.24, 2.45) is 0 Å². The fourth-order valence-electron chi connectivity index (χ4n) is 1.19. The highest BCUT2D eigenvalue weighted by molar-refractivity contribution is 14.1. The Labute approximate surface area is 79.6 Å². The molecule has 0 heterocycles. The lowest BCUT2D eigenvalue weighted by Gasteiger charge is -2.00. The summed E-state index contributed by atoms with van der Waals surface area (Å²) >= 11 is 2.16. The molecule has 11 heavy (non-hydrogen) atoms. The van der Waals surface area contributed by atoms with Crippen molar-refractivity contribution < 1.29 is 5.11 Å². The van der Waals surface area contributed by atoms with E-state index in [1.165, 1.54) is 18.4 Å². The lowest BCUT2D eigenvalue weighted by molar-refractivity contribution is 0.471. The standard InChI is InChI=1S/C9H9IO/c10-8-5-7(6-1-2-6)3-4-9(8)11/h3-6,11H,1-2H2. The minimum atomic E-state index is 0.398. The zero-order chi connectivity index (χ0) is 7.84. The Kier molecular flexibility index (Phi) is 1.79. The van der Waals surface area contributed by atoms with Crippen LogP contribution in [0.1, 0.15) is 24.3 Å². The Balaban J connectivity index is 2.36. The van der Waals surface area contributed by atoms with E-state index in [2.05, 4.69) is 28.7 Å². The summed E-state index contributed by atoms with van der Waals surface area (Å²) in [6.07, 6.45) is 2.64. The number of halogens is 1. The Bertz CT molecular complexity index is 279. The average molecular weight is 260 g/mol. The van der Waals surface area contributed by atoms with Gasteiger partial charge in [-0.25, -0.2) is 0 Å². The molecule has 1 aromatic carbocycles. The van der Waals surface area contributed by atoms with Gasteiger partial charge in [0.15, 0.2) is 0 Å². The Morgan fingerprint density at radius 1 is 1.36 bits per heavy atom. The minimum Gasteiger partial charge on any atom is -0.507 e. The molecule has 1 nitrogen and oxygen atoms in total. The molecule has 1 saturated carbocycles. The molecular formula is C9H9IO. The minimum absolute atomic E-state index is 0.398. The summed E-state index contributed by atoms with van der Waals surface area (Å²) in [6, 6.07) is 5.89. The van der Waals surface area contributed by atoms with E-state index in [0.29, 0.717) is 5.75 Å². The first kappa shape index (κ1) is 7.40. The average Bonchev–Trinajstić information content (AvgIpc) is 2.77. The number of hydrogen-bond donors (Lipinski definition) is 1. The second-order valence-corrected chi connectivity index (χ2v) is 4.15. The molecule has 0 aromatic heterocycles. The van der Waals surface area contributed by atoms with Crippen LogP contribution in [0.4, 0.5) is 0 Å². The van der Waals surface area contributed by atoms with Crippen molar-refractivity contribution in [1.29, 1.82) is 0 Å². The van der Waals surface area contributed by atoms with Crippen molar-refractivity contribution in [3.05, 3.63) is 27.3 Å². The van der Waals surface area contributed by atoms with E-state index in [1.807, 2.05) is 6.07 Å². The van der Waals surface area contributed by atoms with Gasteiger partial charge in [-0.1, -0.05) is 6.07 Å². The molecular weight excluding hydrogens is 251 g/mol. The first-order chi connectivity index (χ1) is 5.27. The van der Waals surface area contributed by atoms with Gasteiger partial charge in [-0.05, 0) is 59.0 Å². The molecule has 0 saturated heterocycles. The molecule has 58 valence electrons. The summed E-state index contributed by atoms with van der Waals surface area (Å²) in [5.41, 5.74) is 1.38. The first-order valence-corrected chi connectivity index (χ1v) is 4.83. The van der Waals surface area contributed by atoms with Gasteiger partial charge in [-0.3, -0.25) is 0 Å². The van der Waals surface area contributed by atoms with Crippen LogP contribution in [0.5, 0.6) is 5.75 Å². The van der Waals surface area contributed by atoms with E-state index >= 15 is 0 Å². The predicted molar refractivity (Wildman–Crippen MR) is 52.8 cm³/mol. The van der Waals surface area contributed by atoms with Crippen LogP contribution >= 0.6 is 22.6 Å². The summed E-state index contributed by atoms with van der Waals surface area (Å²) in [5, 5.41) is 9.24. The molecule has 2 rings (SSSR count). The number of phenolic OH excluding ortho intramolecular Hbond substituents is 1. The molecule has 1 N–H and O–H groups in total.